The van der Waals surface area contributed by atoms with Crippen molar-refractivity contribution in [2.24, 2.45) is 0 Å². The van der Waals surface area contributed by atoms with Crippen LogP contribution in [-0.4, -0.2) is 3.96 Å². The Morgan fingerprint density at radius 2 is 2.31 bits per heavy atom. The zero-order valence-electron chi connectivity index (χ0n) is 7.08. The molecule has 1 heterocycles. The van der Waals surface area contributed by atoms with Crippen LogP contribution in [0.3, 0.4) is 0 Å². The molecule has 0 spiro atoms. The minimum absolute atomic E-state index is 0.120. The fourth-order valence-corrected chi connectivity index (χ4v) is 2.74. The van der Waals surface area contributed by atoms with Crippen LogP contribution in [0, 0.1) is 0 Å². The van der Waals surface area contributed by atoms with Gasteiger partial charge < -0.3 is 0 Å². The van der Waals surface area contributed by atoms with Crippen LogP contribution in [0.2, 0.25) is 0 Å². The van der Waals surface area contributed by atoms with Crippen molar-refractivity contribution >= 4 is 37.5 Å². The van der Waals surface area contributed by atoms with Crippen LogP contribution in [0.4, 0.5) is 0 Å². The molecule has 2 aromatic rings. The van der Waals surface area contributed by atoms with Crippen LogP contribution in [0.15, 0.2) is 27.5 Å². The molecule has 1 aromatic carbocycles. The van der Waals surface area contributed by atoms with Crippen molar-refractivity contribution in [3.05, 3.63) is 33.0 Å². The van der Waals surface area contributed by atoms with Gasteiger partial charge in [0.15, 0.2) is 0 Å². The summed E-state index contributed by atoms with van der Waals surface area (Å²) in [6, 6.07) is 5.74. The summed E-state index contributed by atoms with van der Waals surface area (Å²) in [5.74, 6) is 0. The number of hydrogen-bond donors (Lipinski definition) is 0. The van der Waals surface area contributed by atoms with E-state index in [4.69, 9.17) is 0 Å². The van der Waals surface area contributed by atoms with E-state index < -0.39 is 0 Å². The van der Waals surface area contributed by atoms with Gasteiger partial charge in [-0.15, -0.1) is 0 Å². The van der Waals surface area contributed by atoms with Gasteiger partial charge in [-0.1, -0.05) is 27.5 Å². The Bertz CT molecular complexity index is 500. The molecule has 0 aliphatic carbocycles. The summed E-state index contributed by atoms with van der Waals surface area (Å²) in [7, 11) is 0. The third kappa shape index (κ3) is 1.44. The summed E-state index contributed by atoms with van der Waals surface area (Å²) in [6.45, 7) is 2.72. The molecule has 2 nitrogen and oxygen atoms in total. The Hall–Kier alpha value is -0.610. The van der Waals surface area contributed by atoms with Crippen LogP contribution in [0.5, 0.6) is 0 Å². The quantitative estimate of drug-likeness (QED) is 0.770. The maximum Gasteiger partial charge on any atom is 0.268 e. The van der Waals surface area contributed by atoms with Gasteiger partial charge in [0.2, 0.25) is 0 Å². The molecule has 0 radical (unpaired) electrons. The molecule has 1 aromatic heterocycles. The summed E-state index contributed by atoms with van der Waals surface area (Å²) in [5.41, 5.74) is 0.120. The van der Waals surface area contributed by atoms with Crippen LogP contribution in [0.25, 0.3) is 10.1 Å². The summed E-state index contributed by atoms with van der Waals surface area (Å²) >= 11 is 4.90. The topological polar surface area (TPSA) is 22.0 Å². The zero-order valence-corrected chi connectivity index (χ0v) is 9.48. The highest BCUT2D eigenvalue weighted by atomic mass is 79.9. The molecule has 13 heavy (non-hydrogen) atoms. The highest BCUT2D eigenvalue weighted by molar-refractivity contribution is 9.10. The molecular formula is C9H8BrNOS. The third-order valence-electron chi connectivity index (χ3n) is 1.90. The van der Waals surface area contributed by atoms with E-state index in [2.05, 4.69) is 15.9 Å². The van der Waals surface area contributed by atoms with Gasteiger partial charge in [-0.3, -0.25) is 8.75 Å². The molecule has 0 saturated heterocycles. The second-order valence-corrected chi connectivity index (χ2v) is 4.71. The second kappa shape index (κ2) is 3.27. The number of aromatic nitrogens is 1. The number of nitrogens with zero attached hydrogens (tertiary/aromatic N) is 1. The van der Waals surface area contributed by atoms with E-state index in [0.29, 0.717) is 0 Å². The Morgan fingerprint density at radius 3 is 3.00 bits per heavy atom. The minimum Gasteiger partial charge on any atom is -0.268 e. The van der Waals surface area contributed by atoms with Crippen LogP contribution in [0.1, 0.15) is 6.92 Å². The SMILES string of the molecule is CCn1sc2cc(Br)ccc2c1=O. The molecule has 0 bridgehead atoms. The van der Waals surface area contributed by atoms with Crippen molar-refractivity contribution < 1.29 is 0 Å². The van der Waals surface area contributed by atoms with Crippen molar-refractivity contribution in [2.45, 2.75) is 13.5 Å². The van der Waals surface area contributed by atoms with E-state index in [1.807, 2.05) is 25.1 Å². The van der Waals surface area contributed by atoms with E-state index in [9.17, 15) is 4.79 Å². The predicted molar refractivity (Wildman–Crippen MR) is 59.5 cm³/mol. The first-order chi connectivity index (χ1) is 6.22. The monoisotopic (exact) mass is 257 g/mol. The third-order valence-corrected chi connectivity index (χ3v) is 3.57. The number of halogens is 1. The van der Waals surface area contributed by atoms with Crippen molar-refractivity contribution in [2.75, 3.05) is 0 Å². The van der Waals surface area contributed by atoms with Crippen molar-refractivity contribution in [3.63, 3.8) is 0 Å². The molecule has 0 aliphatic rings. The fraction of sp³-hybridized carbons (Fsp3) is 0.222. The first-order valence-electron chi connectivity index (χ1n) is 4.01. The molecule has 0 aliphatic heterocycles. The largest absolute Gasteiger partial charge is 0.268 e. The van der Waals surface area contributed by atoms with Crippen molar-refractivity contribution in [1.82, 2.24) is 3.96 Å². The maximum absolute atomic E-state index is 11.6. The first kappa shape index (κ1) is 8.97. The molecule has 0 saturated carbocycles. The van der Waals surface area contributed by atoms with Gasteiger partial charge in [-0.25, -0.2) is 0 Å². The molecule has 0 unspecified atom stereocenters. The van der Waals surface area contributed by atoms with Crippen LogP contribution < -0.4 is 5.56 Å². The Kier molecular flexibility index (Phi) is 2.26. The molecule has 2 rings (SSSR count). The normalized spacial score (nSPS) is 10.9. The summed E-state index contributed by atoms with van der Waals surface area (Å²) < 4.78 is 3.82. The minimum atomic E-state index is 0.120. The Balaban J connectivity index is 2.84. The average Bonchev–Trinajstić information content (AvgIpc) is 2.42. The number of benzene rings is 1. The van der Waals surface area contributed by atoms with Gasteiger partial charge in [-0.2, -0.15) is 0 Å². The molecular weight excluding hydrogens is 250 g/mol. The maximum atomic E-state index is 11.6. The fourth-order valence-electron chi connectivity index (χ4n) is 1.25. The van der Waals surface area contributed by atoms with Gasteiger partial charge in [-0.05, 0) is 25.1 Å². The van der Waals surface area contributed by atoms with Crippen molar-refractivity contribution in [3.8, 4) is 0 Å². The number of aryl methyl sites for hydroxylation is 1. The highest BCUT2D eigenvalue weighted by Gasteiger charge is 2.05. The molecule has 0 amide bonds. The van der Waals surface area contributed by atoms with Crippen LogP contribution in [-0.2, 0) is 6.54 Å². The lowest BCUT2D eigenvalue weighted by Crippen LogP contribution is -2.10. The molecule has 4 heteroatoms. The second-order valence-electron chi connectivity index (χ2n) is 2.73. The summed E-state index contributed by atoms with van der Waals surface area (Å²) in [4.78, 5) is 11.6. The average molecular weight is 258 g/mol. The lowest BCUT2D eigenvalue weighted by molar-refractivity contribution is 0.814. The van der Waals surface area contributed by atoms with Crippen molar-refractivity contribution in [1.29, 1.82) is 0 Å². The smallest absolute Gasteiger partial charge is 0.268 e. The zero-order chi connectivity index (χ0) is 9.42. The lowest BCUT2D eigenvalue weighted by atomic mass is 10.3. The predicted octanol–water partition coefficient (Wildman–Crippen LogP) is 2.85. The van der Waals surface area contributed by atoms with E-state index in [1.165, 1.54) is 11.5 Å². The van der Waals surface area contributed by atoms with E-state index in [0.717, 1.165) is 21.1 Å². The first-order valence-corrected chi connectivity index (χ1v) is 5.58. The Morgan fingerprint density at radius 1 is 1.54 bits per heavy atom. The van der Waals surface area contributed by atoms with Gasteiger partial charge in [0.1, 0.15) is 0 Å². The molecule has 68 valence electrons. The van der Waals surface area contributed by atoms with Crippen LogP contribution >= 0.6 is 27.5 Å². The molecule has 0 atom stereocenters. The number of hydrogen-bond acceptors (Lipinski definition) is 2. The van der Waals surface area contributed by atoms with E-state index >= 15 is 0 Å². The van der Waals surface area contributed by atoms with Gasteiger partial charge in [0.05, 0.1) is 10.1 Å². The molecule has 0 N–H and O–H groups in total. The van der Waals surface area contributed by atoms with Gasteiger partial charge >= 0.3 is 0 Å². The van der Waals surface area contributed by atoms with Gasteiger partial charge in [0, 0.05) is 11.0 Å². The lowest BCUT2D eigenvalue weighted by Gasteiger charge is -1.87. The van der Waals surface area contributed by atoms with E-state index in [-0.39, 0.29) is 5.56 Å². The summed E-state index contributed by atoms with van der Waals surface area (Å²) in [5, 5.41) is 0.815. The number of rotatable bonds is 1. The summed E-state index contributed by atoms with van der Waals surface area (Å²) in [6.07, 6.45) is 0. The van der Waals surface area contributed by atoms with Gasteiger partial charge in [0.25, 0.3) is 5.56 Å². The van der Waals surface area contributed by atoms with E-state index in [1.54, 1.807) is 3.96 Å². The standard InChI is InChI=1S/C9H8BrNOS/c1-2-11-9(12)7-4-3-6(10)5-8(7)13-11/h3-5H,2H2,1H3. The Labute approximate surface area is 88.1 Å². The molecule has 0 fully saturated rings. The number of fused-ring (bicyclic) bond motifs is 1. The highest BCUT2D eigenvalue weighted by Crippen LogP contribution is 2.21.